The summed E-state index contributed by atoms with van der Waals surface area (Å²) in [7, 11) is 0. The number of para-hydroxylation sites is 2. The summed E-state index contributed by atoms with van der Waals surface area (Å²) >= 11 is 7.53. The van der Waals surface area contributed by atoms with Crippen LogP contribution in [0.15, 0.2) is 58.1 Å². The number of halogens is 1. The Morgan fingerprint density at radius 2 is 1.92 bits per heavy atom. The molecule has 0 saturated heterocycles. The number of rotatable bonds is 6. The van der Waals surface area contributed by atoms with E-state index < -0.39 is 0 Å². The van der Waals surface area contributed by atoms with Gasteiger partial charge in [-0.25, -0.2) is 4.98 Å². The van der Waals surface area contributed by atoms with Gasteiger partial charge >= 0.3 is 0 Å². The first-order valence-corrected chi connectivity index (χ1v) is 9.17. The number of nitrogens with zero attached hydrogens (tertiary/aromatic N) is 5. The molecule has 25 heavy (non-hydrogen) atoms. The van der Waals surface area contributed by atoms with Gasteiger partial charge in [-0.2, -0.15) is 4.68 Å². The highest BCUT2D eigenvalue weighted by atomic mass is 35.5. The molecule has 2 heterocycles. The molecular weight excluding hydrogens is 358 g/mol. The number of fused-ring (bicyclic) bond motifs is 1. The number of hydrogen-bond donors (Lipinski definition) is 0. The van der Waals surface area contributed by atoms with Crippen LogP contribution in [0.5, 0.6) is 0 Å². The van der Waals surface area contributed by atoms with Crippen molar-refractivity contribution in [2.75, 3.05) is 5.75 Å². The fourth-order valence-electron chi connectivity index (χ4n) is 2.43. The van der Waals surface area contributed by atoms with Crippen LogP contribution in [-0.2, 0) is 6.42 Å². The molecule has 126 valence electrons. The lowest BCUT2D eigenvalue weighted by atomic mass is 10.3. The molecule has 0 saturated carbocycles. The molecule has 0 aliphatic rings. The number of hydrogen-bond acceptors (Lipinski definition) is 6. The molecule has 0 bridgehead atoms. The second-order valence-corrected chi connectivity index (χ2v) is 6.88. The van der Waals surface area contributed by atoms with Gasteiger partial charge < -0.3 is 4.42 Å². The lowest BCUT2D eigenvalue weighted by molar-refractivity contribution is 0.526. The minimum Gasteiger partial charge on any atom is -0.441 e. The number of oxazole rings is 1. The van der Waals surface area contributed by atoms with Crippen LogP contribution >= 0.6 is 23.4 Å². The number of aryl methyl sites for hydroxylation is 1. The summed E-state index contributed by atoms with van der Waals surface area (Å²) < 4.78 is 7.44. The summed E-state index contributed by atoms with van der Waals surface area (Å²) in [6.07, 6.45) is 1.70. The fourth-order valence-corrected chi connectivity index (χ4v) is 3.38. The van der Waals surface area contributed by atoms with Crippen LogP contribution in [0.2, 0.25) is 5.02 Å². The largest absolute Gasteiger partial charge is 0.441 e. The number of tetrazole rings is 1. The molecule has 4 rings (SSSR count). The van der Waals surface area contributed by atoms with Gasteiger partial charge in [-0.3, -0.25) is 0 Å². The first kappa shape index (κ1) is 16.1. The van der Waals surface area contributed by atoms with E-state index in [4.69, 9.17) is 16.0 Å². The zero-order valence-corrected chi connectivity index (χ0v) is 14.7. The quantitative estimate of drug-likeness (QED) is 0.374. The van der Waals surface area contributed by atoms with Crippen molar-refractivity contribution in [3.63, 3.8) is 0 Å². The van der Waals surface area contributed by atoms with Crippen LogP contribution in [0.25, 0.3) is 16.8 Å². The first-order valence-electron chi connectivity index (χ1n) is 7.81. The summed E-state index contributed by atoms with van der Waals surface area (Å²) in [6, 6.07) is 15.2. The Bertz CT molecular complexity index is 949. The minimum absolute atomic E-state index is 0.685. The summed E-state index contributed by atoms with van der Waals surface area (Å²) in [5.41, 5.74) is 2.62. The lowest BCUT2D eigenvalue weighted by Crippen LogP contribution is -1.99. The SMILES string of the molecule is Clc1ccc(-n2nnnc2SCCCc2nc3ccccc3o2)cc1. The summed E-state index contributed by atoms with van der Waals surface area (Å²) in [4.78, 5) is 4.49. The second kappa shape index (κ2) is 7.25. The van der Waals surface area contributed by atoms with E-state index in [2.05, 4.69) is 20.5 Å². The molecule has 0 spiro atoms. The molecule has 8 heteroatoms. The maximum absolute atomic E-state index is 5.92. The maximum Gasteiger partial charge on any atom is 0.214 e. The molecule has 0 aliphatic heterocycles. The molecular formula is C17H14ClN5OS. The van der Waals surface area contributed by atoms with Gasteiger partial charge in [0.05, 0.1) is 5.69 Å². The molecule has 0 aliphatic carbocycles. The summed E-state index contributed by atoms with van der Waals surface area (Å²) in [5.74, 6) is 1.63. The van der Waals surface area contributed by atoms with Crippen molar-refractivity contribution in [1.29, 1.82) is 0 Å². The van der Waals surface area contributed by atoms with Gasteiger partial charge in [0.15, 0.2) is 11.5 Å². The zero-order chi connectivity index (χ0) is 17.1. The molecule has 0 atom stereocenters. The number of benzene rings is 2. The van der Waals surface area contributed by atoms with E-state index >= 15 is 0 Å². The van der Waals surface area contributed by atoms with Crippen molar-refractivity contribution in [3.8, 4) is 5.69 Å². The van der Waals surface area contributed by atoms with Crippen molar-refractivity contribution in [3.05, 3.63) is 59.4 Å². The van der Waals surface area contributed by atoms with Gasteiger partial charge in [-0.1, -0.05) is 35.5 Å². The van der Waals surface area contributed by atoms with E-state index in [0.29, 0.717) is 5.02 Å². The van der Waals surface area contributed by atoms with Crippen molar-refractivity contribution in [2.45, 2.75) is 18.0 Å². The van der Waals surface area contributed by atoms with Crippen LogP contribution < -0.4 is 0 Å². The molecule has 6 nitrogen and oxygen atoms in total. The van der Waals surface area contributed by atoms with E-state index in [1.807, 2.05) is 48.5 Å². The highest BCUT2D eigenvalue weighted by molar-refractivity contribution is 7.99. The minimum atomic E-state index is 0.685. The van der Waals surface area contributed by atoms with Crippen LogP contribution in [0, 0.1) is 0 Å². The van der Waals surface area contributed by atoms with Gasteiger partial charge in [0.1, 0.15) is 5.52 Å². The predicted molar refractivity (Wildman–Crippen MR) is 97.2 cm³/mol. The Kier molecular flexibility index (Phi) is 4.67. The zero-order valence-electron chi connectivity index (χ0n) is 13.2. The van der Waals surface area contributed by atoms with Gasteiger partial charge in [-0.15, -0.1) is 5.10 Å². The molecule has 0 amide bonds. The third kappa shape index (κ3) is 3.67. The van der Waals surface area contributed by atoms with E-state index in [1.165, 1.54) is 0 Å². The van der Waals surface area contributed by atoms with Gasteiger partial charge in [0.25, 0.3) is 0 Å². The lowest BCUT2D eigenvalue weighted by Gasteiger charge is -2.03. The van der Waals surface area contributed by atoms with Crippen molar-refractivity contribution in [2.24, 2.45) is 0 Å². The third-order valence-electron chi connectivity index (χ3n) is 3.62. The Morgan fingerprint density at radius 3 is 2.76 bits per heavy atom. The first-order chi connectivity index (χ1) is 12.3. The Morgan fingerprint density at radius 1 is 1.08 bits per heavy atom. The Balaban J connectivity index is 1.36. The van der Waals surface area contributed by atoms with Crippen LogP contribution in [0.1, 0.15) is 12.3 Å². The summed E-state index contributed by atoms with van der Waals surface area (Å²) in [5, 5.41) is 13.3. The van der Waals surface area contributed by atoms with E-state index in [1.54, 1.807) is 16.4 Å². The topological polar surface area (TPSA) is 69.6 Å². The molecule has 0 N–H and O–H groups in total. The standard InChI is InChI=1S/C17H14ClN5OS/c18-12-7-9-13(10-8-12)23-17(20-21-22-23)25-11-3-6-16-19-14-4-1-2-5-15(14)24-16/h1-2,4-5,7-10H,3,6,11H2. The molecule has 2 aromatic carbocycles. The molecule has 0 unspecified atom stereocenters. The highest BCUT2D eigenvalue weighted by Gasteiger charge is 2.10. The fraction of sp³-hybridized carbons (Fsp3) is 0.176. The third-order valence-corrected chi connectivity index (χ3v) is 4.87. The van der Waals surface area contributed by atoms with Crippen LogP contribution in [0.3, 0.4) is 0 Å². The van der Waals surface area contributed by atoms with Gasteiger partial charge in [0, 0.05) is 17.2 Å². The smallest absolute Gasteiger partial charge is 0.214 e. The van der Waals surface area contributed by atoms with E-state index in [0.717, 1.165) is 46.4 Å². The average molecular weight is 372 g/mol. The second-order valence-electron chi connectivity index (χ2n) is 5.38. The average Bonchev–Trinajstić information content (AvgIpc) is 3.25. The van der Waals surface area contributed by atoms with Crippen molar-refractivity contribution < 1.29 is 4.42 Å². The predicted octanol–water partition coefficient (Wildman–Crippen LogP) is 4.18. The molecule has 2 aromatic heterocycles. The van der Waals surface area contributed by atoms with Gasteiger partial charge in [-0.05, 0) is 53.2 Å². The monoisotopic (exact) mass is 371 g/mol. The Labute approximate surface area is 153 Å². The van der Waals surface area contributed by atoms with E-state index in [-0.39, 0.29) is 0 Å². The van der Waals surface area contributed by atoms with Crippen molar-refractivity contribution in [1.82, 2.24) is 25.2 Å². The highest BCUT2D eigenvalue weighted by Crippen LogP contribution is 2.21. The Hall–Kier alpha value is -2.38. The molecule has 4 aromatic rings. The molecule has 0 radical (unpaired) electrons. The normalized spacial score (nSPS) is 11.2. The van der Waals surface area contributed by atoms with Crippen LogP contribution in [0.4, 0.5) is 0 Å². The van der Waals surface area contributed by atoms with E-state index in [9.17, 15) is 0 Å². The van der Waals surface area contributed by atoms with Crippen molar-refractivity contribution >= 4 is 34.5 Å². The maximum atomic E-state index is 5.92. The van der Waals surface area contributed by atoms with Crippen LogP contribution in [-0.4, -0.2) is 30.9 Å². The summed E-state index contributed by atoms with van der Waals surface area (Å²) in [6.45, 7) is 0. The molecule has 0 fully saturated rings. The van der Waals surface area contributed by atoms with Gasteiger partial charge in [0.2, 0.25) is 5.16 Å². The number of thioether (sulfide) groups is 1. The number of aromatic nitrogens is 5.